The quantitative estimate of drug-likeness (QED) is 0.624. The normalized spacial score (nSPS) is 10.6. The van der Waals surface area contributed by atoms with Gasteiger partial charge in [0.15, 0.2) is 11.5 Å². The van der Waals surface area contributed by atoms with E-state index in [4.69, 9.17) is 9.47 Å². The molecule has 0 bridgehead atoms. The monoisotopic (exact) mass is 328 g/mol. The summed E-state index contributed by atoms with van der Waals surface area (Å²) in [6.07, 6.45) is 1.53. The van der Waals surface area contributed by atoms with E-state index in [1.54, 1.807) is 25.1 Å². The van der Waals surface area contributed by atoms with Crippen LogP contribution < -0.4 is 9.47 Å². The Balaban J connectivity index is 2.33. The van der Waals surface area contributed by atoms with Crippen molar-refractivity contribution in [3.63, 3.8) is 0 Å². The van der Waals surface area contributed by atoms with Crippen LogP contribution in [0.15, 0.2) is 47.5 Å². The van der Waals surface area contributed by atoms with E-state index in [0.29, 0.717) is 23.8 Å². The smallest absolute Gasteiger partial charge is 0.338 e. The fourth-order valence-electron chi connectivity index (χ4n) is 2.01. The van der Waals surface area contributed by atoms with Crippen molar-refractivity contribution in [2.75, 3.05) is 21.2 Å². The minimum absolute atomic E-state index is 0.0527. The number of rotatable bonds is 7. The maximum absolute atomic E-state index is 11.5. The molecule has 2 rings (SSSR count). The van der Waals surface area contributed by atoms with Crippen molar-refractivity contribution < 1.29 is 19.4 Å². The van der Waals surface area contributed by atoms with Crippen LogP contribution in [0.25, 0.3) is 0 Å². The van der Waals surface area contributed by atoms with Gasteiger partial charge in [-0.15, -0.1) is 0 Å². The van der Waals surface area contributed by atoms with E-state index in [1.165, 1.54) is 19.5 Å². The molecule has 0 spiro atoms. The van der Waals surface area contributed by atoms with E-state index >= 15 is 0 Å². The van der Waals surface area contributed by atoms with Gasteiger partial charge in [-0.05, 0) is 5.56 Å². The van der Waals surface area contributed by atoms with Crippen molar-refractivity contribution in [2.24, 2.45) is 4.99 Å². The molecule has 0 saturated carbocycles. The van der Waals surface area contributed by atoms with Crippen molar-refractivity contribution in [1.29, 1.82) is 0 Å². The molecule has 2 aromatic rings. The second-order valence-electron chi connectivity index (χ2n) is 5.31. The Morgan fingerprint density at radius 2 is 1.92 bits per heavy atom. The average molecular weight is 328 g/mol. The fraction of sp³-hybridized carbons (Fsp3) is 0.222. The van der Waals surface area contributed by atoms with E-state index in [0.717, 1.165) is 5.56 Å². The van der Waals surface area contributed by atoms with E-state index in [2.05, 4.69) is 4.99 Å². The number of carbonyl (C=O) groups is 1. The molecule has 0 atom stereocenters. The van der Waals surface area contributed by atoms with E-state index in [9.17, 15) is 9.90 Å². The van der Waals surface area contributed by atoms with Crippen molar-refractivity contribution in [3.8, 4) is 11.5 Å². The fourth-order valence-corrected chi connectivity index (χ4v) is 2.01. The van der Waals surface area contributed by atoms with Gasteiger partial charge in [0.05, 0.1) is 24.7 Å². The van der Waals surface area contributed by atoms with Crippen molar-refractivity contribution >= 4 is 18.0 Å². The molecule has 0 unspecified atom stereocenters. The summed E-state index contributed by atoms with van der Waals surface area (Å²) in [5.74, 6) is -0.280. The highest BCUT2D eigenvalue weighted by atomic mass is 16.5. The van der Waals surface area contributed by atoms with Gasteiger partial charge in [0, 0.05) is 26.2 Å². The lowest BCUT2D eigenvalue weighted by atomic mass is 10.1. The topological polar surface area (TPSA) is 71.4 Å². The van der Waals surface area contributed by atoms with Crippen molar-refractivity contribution in [3.05, 3.63) is 53.6 Å². The molecule has 0 aromatic heterocycles. The zero-order valence-electron chi connectivity index (χ0n) is 13.9. The van der Waals surface area contributed by atoms with Crippen LogP contribution in [0.2, 0.25) is 0 Å². The first-order valence-electron chi connectivity index (χ1n) is 7.34. The van der Waals surface area contributed by atoms with Crippen LogP contribution in [0.1, 0.15) is 15.9 Å². The molecule has 0 fully saturated rings. The van der Waals surface area contributed by atoms with Crippen LogP contribution >= 0.6 is 0 Å². The second kappa shape index (κ2) is 8.01. The number of hydrogen-bond acceptors (Lipinski definition) is 4. The van der Waals surface area contributed by atoms with Gasteiger partial charge in [0.2, 0.25) is 0 Å². The van der Waals surface area contributed by atoms with E-state index in [1.807, 2.05) is 30.3 Å². The van der Waals surface area contributed by atoms with Crippen LogP contribution in [0.5, 0.6) is 11.5 Å². The molecular formula is C18H20N2O4. The van der Waals surface area contributed by atoms with Crippen molar-refractivity contribution in [2.45, 2.75) is 6.61 Å². The Bertz CT molecular complexity index is 727. The van der Waals surface area contributed by atoms with E-state index in [-0.39, 0.29) is 5.56 Å². The predicted molar refractivity (Wildman–Crippen MR) is 92.6 cm³/mol. The lowest BCUT2D eigenvalue weighted by Crippen LogP contribution is -2.08. The summed E-state index contributed by atoms with van der Waals surface area (Å²) in [7, 11) is 5.11. The van der Waals surface area contributed by atoms with Gasteiger partial charge in [-0.25, -0.2) is 9.79 Å². The number of carboxylic acid groups (broad SMARTS) is 1. The molecule has 2 aromatic carbocycles. The van der Waals surface area contributed by atoms with Crippen LogP contribution in [0, 0.1) is 0 Å². The molecule has 126 valence electrons. The third kappa shape index (κ3) is 4.49. The zero-order chi connectivity index (χ0) is 17.5. The maximum Gasteiger partial charge on any atom is 0.338 e. The first-order chi connectivity index (χ1) is 11.5. The van der Waals surface area contributed by atoms with Gasteiger partial charge in [0.25, 0.3) is 0 Å². The number of methoxy groups -OCH3 is 1. The SMILES string of the molecule is COc1cc(N=CN(C)C)c(C(=O)O)cc1OCc1ccccc1. The maximum atomic E-state index is 11.5. The highest BCUT2D eigenvalue weighted by molar-refractivity contribution is 5.95. The van der Waals surface area contributed by atoms with Gasteiger partial charge >= 0.3 is 5.97 Å². The zero-order valence-corrected chi connectivity index (χ0v) is 13.9. The number of hydrogen-bond donors (Lipinski definition) is 1. The molecule has 0 aliphatic rings. The van der Waals surface area contributed by atoms with Crippen LogP contribution in [-0.2, 0) is 6.61 Å². The molecule has 0 heterocycles. The van der Waals surface area contributed by atoms with Gasteiger partial charge in [-0.1, -0.05) is 30.3 Å². The lowest BCUT2D eigenvalue weighted by Gasteiger charge is -2.13. The summed E-state index contributed by atoms with van der Waals surface area (Å²) in [6.45, 7) is 0.316. The molecule has 0 amide bonds. The highest BCUT2D eigenvalue weighted by Gasteiger charge is 2.16. The molecule has 24 heavy (non-hydrogen) atoms. The number of carboxylic acids is 1. The van der Waals surface area contributed by atoms with E-state index < -0.39 is 5.97 Å². The second-order valence-corrected chi connectivity index (χ2v) is 5.31. The van der Waals surface area contributed by atoms with Gasteiger partial charge in [-0.3, -0.25) is 0 Å². The molecule has 0 aliphatic carbocycles. The minimum atomic E-state index is -1.08. The van der Waals surface area contributed by atoms with Crippen LogP contribution in [0.3, 0.4) is 0 Å². The van der Waals surface area contributed by atoms with Crippen LogP contribution in [-0.4, -0.2) is 43.5 Å². The number of nitrogens with zero attached hydrogens (tertiary/aromatic N) is 2. The van der Waals surface area contributed by atoms with Crippen LogP contribution in [0.4, 0.5) is 5.69 Å². The third-order valence-electron chi connectivity index (χ3n) is 3.18. The summed E-state index contributed by atoms with van der Waals surface area (Å²) in [4.78, 5) is 17.4. The Hall–Kier alpha value is -3.02. The molecule has 0 aliphatic heterocycles. The predicted octanol–water partition coefficient (Wildman–Crippen LogP) is 3.19. The average Bonchev–Trinajstić information content (AvgIpc) is 2.58. The summed E-state index contributed by atoms with van der Waals surface area (Å²) in [5, 5.41) is 9.42. The molecule has 0 saturated heterocycles. The molecule has 0 radical (unpaired) electrons. The molecule has 6 heteroatoms. The molecule has 6 nitrogen and oxygen atoms in total. The largest absolute Gasteiger partial charge is 0.493 e. The Morgan fingerprint density at radius 1 is 1.21 bits per heavy atom. The van der Waals surface area contributed by atoms with Gasteiger partial charge < -0.3 is 19.5 Å². The molecular weight excluding hydrogens is 308 g/mol. The number of aromatic carboxylic acids is 1. The summed E-state index contributed by atoms with van der Waals surface area (Å²) >= 11 is 0. The third-order valence-corrected chi connectivity index (χ3v) is 3.18. The first-order valence-corrected chi connectivity index (χ1v) is 7.34. The van der Waals surface area contributed by atoms with Gasteiger partial charge in [-0.2, -0.15) is 0 Å². The summed E-state index contributed by atoms with van der Waals surface area (Å²) < 4.78 is 11.0. The Labute approximate surface area is 141 Å². The summed E-state index contributed by atoms with van der Waals surface area (Å²) in [6, 6.07) is 12.6. The number of benzene rings is 2. The summed E-state index contributed by atoms with van der Waals surface area (Å²) in [5.41, 5.74) is 1.34. The molecule has 1 N–H and O–H groups in total. The minimum Gasteiger partial charge on any atom is -0.493 e. The van der Waals surface area contributed by atoms with Gasteiger partial charge in [0.1, 0.15) is 6.61 Å². The number of aliphatic imine (C=N–C) groups is 1. The highest BCUT2D eigenvalue weighted by Crippen LogP contribution is 2.35. The van der Waals surface area contributed by atoms with Crippen molar-refractivity contribution in [1.82, 2.24) is 4.90 Å². The lowest BCUT2D eigenvalue weighted by molar-refractivity contribution is 0.0697. The standard InChI is InChI=1S/C18H20N2O4/c1-20(2)12-19-15-10-16(23-3)17(9-14(15)18(21)22)24-11-13-7-5-4-6-8-13/h4-10,12H,11H2,1-3H3,(H,21,22). The number of ether oxygens (including phenoxy) is 2. The first kappa shape index (κ1) is 17.3. The Morgan fingerprint density at radius 3 is 2.50 bits per heavy atom. The Kier molecular flexibility index (Phi) is 5.78.